The maximum absolute atomic E-state index is 13.3. The zero-order valence-electron chi connectivity index (χ0n) is 15.6. The van der Waals surface area contributed by atoms with Gasteiger partial charge < -0.3 is 4.90 Å². The van der Waals surface area contributed by atoms with E-state index in [9.17, 15) is 8.42 Å². The van der Waals surface area contributed by atoms with Crippen molar-refractivity contribution in [3.05, 3.63) is 66.0 Å². The fourth-order valence-electron chi connectivity index (χ4n) is 3.91. The molecule has 5 nitrogen and oxygen atoms in total. The van der Waals surface area contributed by atoms with E-state index in [1.807, 2.05) is 6.07 Å². The number of sulfonamides is 1. The number of aromatic nitrogens is 1. The van der Waals surface area contributed by atoms with Gasteiger partial charge in [-0.25, -0.2) is 8.42 Å². The van der Waals surface area contributed by atoms with Gasteiger partial charge in [-0.15, -0.1) is 0 Å². The number of fused-ring (bicyclic) bond motifs is 1. The van der Waals surface area contributed by atoms with E-state index in [1.54, 1.807) is 34.9 Å². The number of nitrogens with zero attached hydrogens (tertiary/aromatic N) is 3. The lowest BCUT2D eigenvalue weighted by Gasteiger charge is -2.37. The predicted octanol–water partition coefficient (Wildman–Crippen LogP) is 3.36. The molecule has 0 saturated carbocycles. The van der Waals surface area contributed by atoms with Crippen molar-refractivity contribution in [1.82, 2.24) is 9.29 Å². The Balaban J connectivity index is 1.60. The van der Waals surface area contributed by atoms with Crippen LogP contribution in [0.5, 0.6) is 0 Å². The summed E-state index contributed by atoms with van der Waals surface area (Å²) < 4.78 is 28.1. The lowest BCUT2D eigenvalue weighted by molar-refractivity contribution is 0.385. The number of piperazine rings is 1. The molecule has 0 atom stereocenters. The number of anilines is 1. The van der Waals surface area contributed by atoms with E-state index in [-0.39, 0.29) is 0 Å². The normalized spacial score (nSPS) is 16.0. The zero-order valence-corrected chi connectivity index (χ0v) is 16.4. The standard InChI is InChI=1S/C21H23N3O2S/c1-16-5-3-6-17(2)21(16)23-11-13-24(14-12-23)27(25,26)20-8-4-7-18-15-22-10-9-19(18)20/h3-10,15H,11-14H2,1-2H3. The lowest BCUT2D eigenvalue weighted by Crippen LogP contribution is -2.49. The summed E-state index contributed by atoms with van der Waals surface area (Å²) in [5.41, 5.74) is 3.69. The molecule has 2 heterocycles. The molecule has 0 radical (unpaired) electrons. The molecule has 27 heavy (non-hydrogen) atoms. The van der Waals surface area contributed by atoms with E-state index in [4.69, 9.17) is 0 Å². The molecule has 0 spiro atoms. The van der Waals surface area contributed by atoms with Crippen LogP contribution in [-0.4, -0.2) is 43.9 Å². The van der Waals surface area contributed by atoms with Crippen molar-refractivity contribution < 1.29 is 8.42 Å². The average molecular weight is 382 g/mol. The Labute approximate surface area is 160 Å². The summed E-state index contributed by atoms with van der Waals surface area (Å²) in [6.07, 6.45) is 3.34. The highest BCUT2D eigenvalue weighted by Crippen LogP contribution is 2.29. The fourth-order valence-corrected chi connectivity index (χ4v) is 5.55. The second kappa shape index (κ2) is 6.94. The Bertz CT molecular complexity index is 1060. The van der Waals surface area contributed by atoms with Crippen molar-refractivity contribution in [1.29, 1.82) is 0 Å². The summed E-state index contributed by atoms with van der Waals surface area (Å²) in [6.45, 7) is 6.56. The molecule has 0 aliphatic carbocycles. The van der Waals surface area contributed by atoms with E-state index >= 15 is 0 Å². The lowest BCUT2D eigenvalue weighted by atomic mass is 10.1. The molecule has 1 aliphatic rings. The van der Waals surface area contributed by atoms with E-state index in [1.165, 1.54) is 16.8 Å². The summed E-state index contributed by atoms with van der Waals surface area (Å²) in [5.74, 6) is 0. The SMILES string of the molecule is Cc1cccc(C)c1N1CCN(S(=O)(=O)c2cccc3cnccc23)CC1. The molecule has 0 N–H and O–H groups in total. The Hall–Kier alpha value is -2.44. The van der Waals surface area contributed by atoms with Gasteiger partial charge >= 0.3 is 0 Å². The highest BCUT2D eigenvalue weighted by Gasteiger charge is 2.30. The first-order chi connectivity index (χ1) is 13.0. The molecule has 140 valence electrons. The quantitative estimate of drug-likeness (QED) is 0.698. The van der Waals surface area contributed by atoms with Gasteiger partial charge in [0.25, 0.3) is 0 Å². The first kappa shape index (κ1) is 17.9. The highest BCUT2D eigenvalue weighted by atomic mass is 32.2. The molecule has 1 aliphatic heterocycles. The summed E-state index contributed by atoms with van der Waals surface area (Å²) in [4.78, 5) is 6.75. The van der Waals surface area contributed by atoms with Crippen LogP contribution in [0.25, 0.3) is 10.8 Å². The fraction of sp³-hybridized carbons (Fsp3) is 0.286. The molecule has 2 aromatic carbocycles. The van der Waals surface area contributed by atoms with E-state index in [0.29, 0.717) is 31.1 Å². The topological polar surface area (TPSA) is 53.5 Å². The maximum atomic E-state index is 13.3. The third kappa shape index (κ3) is 3.19. The molecular formula is C21H23N3O2S. The second-order valence-corrected chi connectivity index (χ2v) is 8.89. The van der Waals surface area contributed by atoms with Crippen LogP contribution < -0.4 is 4.90 Å². The smallest absolute Gasteiger partial charge is 0.243 e. The van der Waals surface area contributed by atoms with Crippen molar-refractivity contribution in [2.24, 2.45) is 0 Å². The Morgan fingerprint density at radius 2 is 1.56 bits per heavy atom. The van der Waals surface area contributed by atoms with Gasteiger partial charge in [0.05, 0.1) is 4.90 Å². The molecule has 4 rings (SSSR count). The van der Waals surface area contributed by atoms with Crippen LogP contribution in [0.15, 0.2) is 59.8 Å². The Kier molecular flexibility index (Phi) is 4.61. The highest BCUT2D eigenvalue weighted by molar-refractivity contribution is 7.89. The van der Waals surface area contributed by atoms with Crippen molar-refractivity contribution in [3.63, 3.8) is 0 Å². The molecule has 1 fully saturated rings. The van der Waals surface area contributed by atoms with Crippen molar-refractivity contribution in [2.45, 2.75) is 18.7 Å². The number of hydrogen-bond acceptors (Lipinski definition) is 4. The minimum absolute atomic E-state index is 0.364. The predicted molar refractivity (Wildman–Crippen MR) is 109 cm³/mol. The number of rotatable bonds is 3. The van der Waals surface area contributed by atoms with Crippen molar-refractivity contribution in [2.75, 3.05) is 31.1 Å². The molecule has 0 unspecified atom stereocenters. The second-order valence-electron chi connectivity index (χ2n) is 6.98. The Morgan fingerprint density at radius 1 is 0.889 bits per heavy atom. The zero-order chi connectivity index (χ0) is 19.0. The van der Waals surface area contributed by atoms with E-state index in [0.717, 1.165) is 10.8 Å². The van der Waals surface area contributed by atoms with Crippen LogP contribution >= 0.6 is 0 Å². The molecular weight excluding hydrogens is 358 g/mol. The van der Waals surface area contributed by atoms with Crippen LogP contribution in [-0.2, 0) is 10.0 Å². The summed E-state index contributed by atoms with van der Waals surface area (Å²) in [6, 6.07) is 13.4. The summed E-state index contributed by atoms with van der Waals surface area (Å²) in [7, 11) is -3.54. The summed E-state index contributed by atoms with van der Waals surface area (Å²) in [5, 5.41) is 1.57. The number of pyridine rings is 1. The van der Waals surface area contributed by atoms with Gasteiger partial charge in [0.1, 0.15) is 0 Å². The Morgan fingerprint density at radius 3 is 2.26 bits per heavy atom. The average Bonchev–Trinajstić information content (AvgIpc) is 2.68. The molecule has 0 amide bonds. The number of hydrogen-bond donors (Lipinski definition) is 0. The summed E-state index contributed by atoms with van der Waals surface area (Å²) >= 11 is 0. The van der Waals surface area contributed by atoms with E-state index in [2.05, 4.69) is 41.9 Å². The van der Waals surface area contributed by atoms with Gasteiger partial charge in [0.2, 0.25) is 10.0 Å². The van der Waals surface area contributed by atoms with Gasteiger partial charge in [0.15, 0.2) is 0 Å². The van der Waals surface area contributed by atoms with Crippen LogP contribution in [0.2, 0.25) is 0 Å². The van der Waals surface area contributed by atoms with Crippen molar-refractivity contribution >= 4 is 26.5 Å². The minimum atomic E-state index is -3.54. The molecule has 1 aromatic heterocycles. The van der Waals surface area contributed by atoms with E-state index < -0.39 is 10.0 Å². The molecule has 1 saturated heterocycles. The van der Waals surface area contributed by atoms with Crippen LogP contribution in [0.4, 0.5) is 5.69 Å². The monoisotopic (exact) mass is 381 g/mol. The van der Waals surface area contributed by atoms with Crippen LogP contribution in [0, 0.1) is 13.8 Å². The minimum Gasteiger partial charge on any atom is -0.368 e. The molecule has 0 bridgehead atoms. The third-order valence-corrected chi connectivity index (χ3v) is 7.21. The van der Waals surface area contributed by atoms with Gasteiger partial charge in [0, 0.05) is 55.0 Å². The molecule has 6 heteroatoms. The van der Waals surface area contributed by atoms with Crippen molar-refractivity contribution in [3.8, 4) is 0 Å². The number of aryl methyl sites for hydroxylation is 2. The van der Waals surface area contributed by atoms with Gasteiger partial charge in [-0.3, -0.25) is 4.98 Å². The largest absolute Gasteiger partial charge is 0.368 e. The third-order valence-electron chi connectivity index (χ3n) is 5.25. The number of para-hydroxylation sites is 1. The first-order valence-electron chi connectivity index (χ1n) is 9.12. The maximum Gasteiger partial charge on any atom is 0.243 e. The van der Waals surface area contributed by atoms with Gasteiger partial charge in [-0.05, 0) is 37.1 Å². The van der Waals surface area contributed by atoms with Crippen LogP contribution in [0.1, 0.15) is 11.1 Å². The first-order valence-corrected chi connectivity index (χ1v) is 10.6. The van der Waals surface area contributed by atoms with Gasteiger partial charge in [-0.1, -0.05) is 30.3 Å². The number of benzene rings is 2. The van der Waals surface area contributed by atoms with Gasteiger partial charge in [-0.2, -0.15) is 4.31 Å². The van der Waals surface area contributed by atoms with Crippen LogP contribution in [0.3, 0.4) is 0 Å². The molecule has 3 aromatic rings.